The first-order valence-electron chi connectivity index (χ1n) is 9.00. The maximum absolute atomic E-state index is 12.3. The molecule has 0 bridgehead atoms. The first-order valence-corrected chi connectivity index (χ1v) is 9.00. The number of hydrogen-bond donors (Lipinski definition) is 1. The molecule has 0 aliphatic carbocycles. The molecule has 28 heavy (non-hydrogen) atoms. The molecule has 0 spiro atoms. The van der Waals surface area contributed by atoms with Gasteiger partial charge in [0.15, 0.2) is 0 Å². The van der Waals surface area contributed by atoms with E-state index in [1.165, 1.54) is 0 Å². The van der Waals surface area contributed by atoms with Gasteiger partial charge < -0.3 is 5.32 Å². The minimum Gasteiger partial charge on any atom is -0.352 e. The van der Waals surface area contributed by atoms with Crippen molar-refractivity contribution in [2.45, 2.75) is 19.9 Å². The van der Waals surface area contributed by atoms with Crippen LogP contribution in [0, 0.1) is 6.92 Å². The molecule has 3 aromatic heterocycles. The lowest BCUT2D eigenvalue weighted by Gasteiger charge is -2.08. The van der Waals surface area contributed by atoms with Gasteiger partial charge in [-0.25, -0.2) is 14.6 Å². The summed E-state index contributed by atoms with van der Waals surface area (Å²) in [6.45, 7) is 2.36. The first-order chi connectivity index (χ1) is 13.7. The van der Waals surface area contributed by atoms with Crippen LogP contribution in [0.1, 0.15) is 17.0 Å². The number of aromatic nitrogens is 5. The van der Waals surface area contributed by atoms with Crippen molar-refractivity contribution in [3.8, 4) is 11.5 Å². The highest BCUT2D eigenvalue weighted by Crippen LogP contribution is 2.10. The molecule has 7 nitrogen and oxygen atoms in total. The number of nitrogens with one attached hydrogen (secondary N) is 1. The number of carbonyl (C=O) groups is 1. The molecule has 0 fully saturated rings. The van der Waals surface area contributed by atoms with Gasteiger partial charge in [-0.05, 0) is 42.3 Å². The standard InChI is InChI=1S/C21H20N6O/c1-16-22-9-10-26(16)20-11-17(7-8-23-20)13-24-21(28)12-18-14-25-27(15-18)19-5-3-2-4-6-19/h2-11,14-15H,12-13H2,1H3,(H,24,28). The average Bonchev–Trinajstić information content (AvgIpc) is 3.36. The number of carbonyl (C=O) groups excluding carboxylic acids is 1. The molecule has 0 saturated heterocycles. The molecule has 140 valence electrons. The number of aryl methyl sites for hydroxylation is 1. The van der Waals surface area contributed by atoms with E-state index in [0.717, 1.165) is 28.5 Å². The van der Waals surface area contributed by atoms with E-state index in [0.29, 0.717) is 6.54 Å². The van der Waals surface area contributed by atoms with Crippen LogP contribution in [0.3, 0.4) is 0 Å². The van der Waals surface area contributed by atoms with E-state index >= 15 is 0 Å². The molecule has 0 radical (unpaired) electrons. The number of imidazole rings is 1. The summed E-state index contributed by atoms with van der Waals surface area (Å²) >= 11 is 0. The zero-order chi connectivity index (χ0) is 19.3. The molecule has 3 heterocycles. The van der Waals surface area contributed by atoms with Crippen molar-refractivity contribution in [2.75, 3.05) is 0 Å². The largest absolute Gasteiger partial charge is 0.352 e. The number of rotatable bonds is 6. The Labute approximate surface area is 162 Å². The normalized spacial score (nSPS) is 10.8. The van der Waals surface area contributed by atoms with E-state index in [4.69, 9.17) is 0 Å². The third kappa shape index (κ3) is 3.98. The molecule has 1 N–H and O–H groups in total. The summed E-state index contributed by atoms with van der Waals surface area (Å²) in [4.78, 5) is 20.9. The molecule has 4 aromatic rings. The van der Waals surface area contributed by atoms with Gasteiger partial charge in [0.25, 0.3) is 0 Å². The molecular formula is C21H20N6O. The van der Waals surface area contributed by atoms with Crippen LogP contribution in [0.5, 0.6) is 0 Å². The van der Waals surface area contributed by atoms with E-state index in [2.05, 4.69) is 20.4 Å². The van der Waals surface area contributed by atoms with E-state index in [1.807, 2.05) is 66.3 Å². The van der Waals surface area contributed by atoms with E-state index < -0.39 is 0 Å². The molecule has 7 heteroatoms. The van der Waals surface area contributed by atoms with Gasteiger partial charge in [0.05, 0.1) is 18.3 Å². The van der Waals surface area contributed by atoms with E-state index in [9.17, 15) is 4.79 Å². The Balaban J connectivity index is 1.36. The quantitative estimate of drug-likeness (QED) is 0.564. The Bertz CT molecular complexity index is 1080. The highest BCUT2D eigenvalue weighted by molar-refractivity contribution is 5.78. The minimum atomic E-state index is -0.0511. The minimum absolute atomic E-state index is 0.0511. The van der Waals surface area contributed by atoms with Gasteiger partial charge in [-0.3, -0.25) is 9.36 Å². The second-order valence-electron chi connectivity index (χ2n) is 6.45. The van der Waals surface area contributed by atoms with Gasteiger partial charge in [0.1, 0.15) is 11.6 Å². The Kier molecular flexibility index (Phi) is 4.97. The SMILES string of the molecule is Cc1nccn1-c1cc(CNC(=O)Cc2cnn(-c3ccccc3)c2)ccn1. The maximum atomic E-state index is 12.3. The summed E-state index contributed by atoms with van der Waals surface area (Å²) in [7, 11) is 0. The van der Waals surface area contributed by atoms with E-state index in [1.54, 1.807) is 23.3 Å². The summed E-state index contributed by atoms with van der Waals surface area (Å²) < 4.78 is 3.68. The first kappa shape index (κ1) is 17.7. The Morgan fingerprint density at radius 1 is 1.07 bits per heavy atom. The smallest absolute Gasteiger partial charge is 0.224 e. The molecule has 4 rings (SSSR count). The second-order valence-corrected chi connectivity index (χ2v) is 6.45. The van der Waals surface area contributed by atoms with Gasteiger partial charge >= 0.3 is 0 Å². The maximum Gasteiger partial charge on any atom is 0.224 e. The van der Waals surface area contributed by atoms with Gasteiger partial charge in [0, 0.05) is 31.3 Å². The van der Waals surface area contributed by atoms with Crippen LogP contribution in [-0.4, -0.2) is 30.2 Å². The highest BCUT2D eigenvalue weighted by Gasteiger charge is 2.08. The zero-order valence-corrected chi connectivity index (χ0v) is 15.5. The van der Waals surface area contributed by atoms with Crippen molar-refractivity contribution in [1.29, 1.82) is 0 Å². The fourth-order valence-electron chi connectivity index (χ4n) is 2.94. The molecule has 0 atom stereocenters. The van der Waals surface area contributed by atoms with Gasteiger partial charge in [-0.15, -0.1) is 0 Å². The molecule has 0 unspecified atom stereocenters. The monoisotopic (exact) mass is 372 g/mol. The van der Waals surface area contributed by atoms with Crippen LogP contribution >= 0.6 is 0 Å². The number of amides is 1. The zero-order valence-electron chi connectivity index (χ0n) is 15.5. The third-order valence-corrected chi connectivity index (χ3v) is 4.39. The number of hydrogen-bond acceptors (Lipinski definition) is 4. The van der Waals surface area contributed by atoms with Gasteiger partial charge in [0.2, 0.25) is 5.91 Å². The van der Waals surface area contributed by atoms with Crippen molar-refractivity contribution < 1.29 is 4.79 Å². The van der Waals surface area contributed by atoms with Crippen molar-refractivity contribution in [3.05, 3.63) is 90.4 Å². The topological polar surface area (TPSA) is 77.6 Å². The van der Waals surface area contributed by atoms with Crippen molar-refractivity contribution in [2.24, 2.45) is 0 Å². The molecule has 1 amide bonds. The average molecular weight is 372 g/mol. The number of benzene rings is 1. The molecule has 0 aliphatic heterocycles. The lowest BCUT2D eigenvalue weighted by molar-refractivity contribution is -0.120. The Hall–Kier alpha value is -3.74. The molecule has 0 saturated carbocycles. The van der Waals surface area contributed by atoms with Crippen LogP contribution < -0.4 is 5.32 Å². The van der Waals surface area contributed by atoms with Crippen LogP contribution in [0.25, 0.3) is 11.5 Å². The summed E-state index contributed by atoms with van der Waals surface area (Å²) in [6, 6.07) is 13.7. The third-order valence-electron chi connectivity index (χ3n) is 4.39. The molecule has 1 aromatic carbocycles. The summed E-state index contributed by atoms with van der Waals surface area (Å²) in [5.74, 6) is 1.60. The summed E-state index contributed by atoms with van der Waals surface area (Å²) in [6.07, 6.45) is 9.22. The van der Waals surface area contributed by atoms with E-state index in [-0.39, 0.29) is 12.3 Å². The number of pyridine rings is 1. The van der Waals surface area contributed by atoms with Crippen molar-refractivity contribution in [3.63, 3.8) is 0 Å². The highest BCUT2D eigenvalue weighted by atomic mass is 16.1. The summed E-state index contributed by atoms with van der Waals surface area (Å²) in [5.41, 5.74) is 2.81. The summed E-state index contributed by atoms with van der Waals surface area (Å²) in [5, 5.41) is 7.28. The fraction of sp³-hybridized carbons (Fsp3) is 0.143. The van der Waals surface area contributed by atoms with Gasteiger partial charge in [-0.1, -0.05) is 18.2 Å². The number of nitrogens with zero attached hydrogens (tertiary/aromatic N) is 5. The lowest BCUT2D eigenvalue weighted by atomic mass is 10.2. The van der Waals surface area contributed by atoms with Crippen LogP contribution in [-0.2, 0) is 17.8 Å². The number of para-hydroxylation sites is 1. The van der Waals surface area contributed by atoms with Crippen LogP contribution in [0.4, 0.5) is 0 Å². The Morgan fingerprint density at radius 3 is 2.71 bits per heavy atom. The van der Waals surface area contributed by atoms with Crippen LogP contribution in [0.15, 0.2) is 73.4 Å². The molecule has 0 aliphatic rings. The van der Waals surface area contributed by atoms with Crippen molar-refractivity contribution >= 4 is 5.91 Å². The van der Waals surface area contributed by atoms with Gasteiger partial charge in [-0.2, -0.15) is 5.10 Å². The predicted octanol–water partition coefficient (Wildman–Crippen LogP) is 2.62. The predicted molar refractivity (Wildman–Crippen MR) is 105 cm³/mol. The van der Waals surface area contributed by atoms with Crippen LogP contribution in [0.2, 0.25) is 0 Å². The second kappa shape index (κ2) is 7.87. The molecular weight excluding hydrogens is 352 g/mol. The fourth-order valence-corrected chi connectivity index (χ4v) is 2.94. The van der Waals surface area contributed by atoms with Crippen molar-refractivity contribution in [1.82, 2.24) is 29.6 Å². The Morgan fingerprint density at radius 2 is 1.93 bits per heavy atom. The lowest BCUT2D eigenvalue weighted by Crippen LogP contribution is -2.24.